The maximum absolute atomic E-state index is 12.5. The molecule has 3 rings (SSSR count). The Morgan fingerprint density at radius 3 is 2.58 bits per heavy atom. The lowest BCUT2D eigenvalue weighted by Crippen LogP contribution is -2.07. The van der Waals surface area contributed by atoms with Crippen LogP contribution in [0.25, 0.3) is 10.4 Å². The summed E-state index contributed by atoms with van der Waals surface area (Å²) in [5, 5.41) is 0. The zero-order valence-corrected chi connectivity index (χ0v) is 14.0. The SMILES string of the molecule is Cc1ccc(C(=O)OCc2ccccc2)c(-c2ccc(C=O)s2)c1. The Labute approximate surface area is 144 Å². The van der Waals surface area contributed by atoms with E-state index in [1.165, 1.54) is 11.3 Å². The number of aldehydes is 1. The topological polar surface area (TPSA) is 43.4 Å². The van der Waals surface area contributed by atoms with Gasteiger partial charge < -0.3 is 4.74 Å². The monoisotopic (exact) mass is 336 g/mol. The van der Waals surface area contributed by atoms with Crippen LogP contribution in [0.3, 0.4) is 0 Å². The van der Waals surface area contributed by atoms with Crippen molar-refractivity contribution in [3.05, 3.63) is 82.2 Å². The third-order valence-corrected chi connectivity index (χ3v) is 4.66. The molecule has 0 aliphatic heterocycles. The van der Waals surface area contributed by atoms with E-state index in [-0.39, 0.29) is 12.6 Å². The zero-order chi connectivity index (χ0) is 16.9. The number of carbonyl (C=O) groups is 2. The molecule has 0 bridgehead atoms. The second-order valence-corrected chi connectivity index (χ2v) is 6.55. The van der Waals surface area contributed by atoms with Crippen molar-refractivity contribution in [1.29, 1.82) is 0 Å². The average Bonchev–Trinajstić information content (AvgIpc) is 3.09. The minimum atomic E-state index is -0.366. The highest BCUT2D eigenvalue weighted by Crippen LogP contribution is 2.31. The van der Waals surface area contributed by atoms with Gasteiger partial charge in [0.05, 0.1) is 10.4 Å². The molecule has 3 nitrogen and oxygen atoms in total. The zero-order valence-electron chi connectivity index (χ0n) is 13.2. The second kappa shape index (κ2) is 7.23. The lowest BCUT2D eigenvalue weighted by molar-refractivity contribution is 0.0473. The summed E-state index contributed by atoms with van der Waals surface area (Å²) in [5.74, 6) is -0.366. The summed E-state index contributed by atoms with van der Waals surface area (Å²) in [6, 6.07) is 18.8. The van der Waals surface area contributed by atoms with Crippen molar-refractivity contribution in [3.63, 3.8) is 0 Å². The van der Waals surface area contributed by atoms with Crippen LogP contribution in [0.15, 0.2) is 60.7 Å². The van der Waals surface area contributed by atoms with Crippen molar-refractivity contribution in [2.75, 3.05) is 0 Å². The molecule has 3 aromatic rings. The molecule has 1 aromatic heterocycles. The third-order valence-electron chi connectivity index (χ3n) is 3.62. The van der Waals surface area contributed by atoms with Crippen molar-refractivity contribution in [1.82, 2.24) is 0 Å². The molecule has 2 aromatic carbocycles. The summed E-state index contributed by atoms with van der Waals surface area (Å²) in [4.78, 5) is 24.9. The summed E-state index contributed by atoms with van der Waals surface area (Å²) in [7, 11) is 0. The number of thiophene rings is 1. The van der Waals surface area contributed by atoms with Crippen LogP contribution in [0.4, 0.5) is 0 Å². The first kappa shape index (κ1) is 16.1. The van der Waals surface area contributed by atoms with Crippen LogP contribution in [0.5, 0.6) is 0 Å². The lowest BCUT2D eigenvalue weighted by atomic mass is 10.0. The average molecular weight is 336 g/mol. The molecule has 1 heterocycles. The van der Waals surface area contributed by atoms with Gasteiger partial charge in [-0.1, -0.05) is 42.0 Å². The standard InChI is InChI=1S/C20H16O3S/c1-14-7-9-17(18(11-14)19-10-8-16(12-21)24-19)20(22)23-13-15-5-3-2-4-6-15/h2-12H,13H2,1H3. The van der Waals surface area contributed by atoms with Gasteiger partial charge in [-0.15, -0.1) is 11.3 Å². The molecule has 4 heteroatoms. The van der Waals surface area contributed by atoms with E-state index in [0.29, 0.717) is 10.4 Å². The number of esters is 1. The fourth-order valence-corrected chi connectivity index (χ4v) is 3.25. The molecule has 120 valence electrons. The van der Waals surface area contributed by atoms with Gasteiger partial charge in [0.1, 0.15) is 6.61 Å². The molecule has 0 aliphatic rings. The van der Waals surface area contributed by atoms with E-state index >= 15 is 0 Å². The predicted molar refractivity (Wildman–Crippen MR) is 95.4 cm³/mol. The molecule has 0 radical (unpaired) electrons. The maximum atomic E-state index is 12.5. The molecule has 0 atom stereocenters. The van der Waals surface area contributed by atoms with Gasteiger partial charge in [-0.25, -0.2) is 4.79 Å². The van der Waals surface area contributed by atoms with Gasteiger partial charge in [-0.3, -0.25) is 4.79 Å². The summed E-state index contributed by atoms with van der Waals surface area (Å²) in [5.41, 5.74) is 3.30. The van der Waals surface area contributed by atoms with Gasteiger partial charge in [-0.2, -0.15) is 0 Å². The molecule has 0 spiro atoms. The fraction of sp³-hybridized carbons (Fsp3) is 0.100. The van der Waals surface area contributed by atoms with E-state index in [1.54, 1.807) is 12.1 Å². The number of aryl methyl sites for hydroxylation is 1. The Morgan fingerprint density at radius 1 is 1.08 bits per heavy atom. The highest BCUT2D eigenvalue weighted by Gasteiger charge is 2.16. The van der Waals surface area contributed by atoms with Crippen molar-refractivity contribution in [2.24, 2.45) is 0 Å². The largest absolute Gasteiger partial charge is 0.457 e. The van der Waals surface area contributed by atoms with E-state index in [2.05, 4.69) is 0 Å². The first-order valence-corrected chi connectivity index (χ1v) is 8.36. The minimum Gasteiger partial charge on any atom is -0.457 e. The number of hydrogen-bond acceptors (Lipinski definition) is 4. The second-order valence-electron chi connectivity index (χ2n) is 5.43. The molecule has 0 amide bonds. The molecule has 24 heavy (non-hydrogen) atoms. The molecule has 0 aliphatic carbocycles. The molecule has 0 N–H and O–H groups in total. The van der Waals surface area contributed by atoms with Crippen LogP contribution in [-0.4, -0.2) is 12.3 Å². The fourth-order valence-electron chi connectivity index (χ4n) is 2.40. The Morgan fingerprint density at radius 2 is 1.88 bits per heavy atom. The smallest absolute Gasteiger partial charge is 0.339 e. The molecule has 0 saturated carbocycles. The molecule has 0 saturated heterocycles. The van der Waals surface area contributed by atoms with E-state index in [1.807, 2.05) is 55.5 Å². The van der Waals surface area contributed by atoms with Gasteiger partial charge >= 0.3 is 5.97 Å². The van der Waals surface area contributed by atoms with Crippen molar-refractivity contribution < 1.29 is 14.3 Å². The van der Waals surface area contributed by atoms with Crippen LogP contribution in [0.2, 0.25) is 0 Å². The van der Waals surface area contributed by atoms with E-state index in [0.717, 1.165) is 27.9 Å². The minimum absolute atomic E-state index is 0.233. The molecular weight excluding hydrogens is 320 g/mol. The summed E-state index contributed by atoms with van der Waals surface area (Å²) in [6.45, 7) is 2.20. The summed E-state index contributed by atoms with van der Waals surface area (Å²) >= 11 is 1.36. The number of rotatable bonds is 5. The predicted octanol–water partition coefficient (Wildman–Crippen LogP) is 4.89. The van der Waals surface area contributed by atoms with Crippen molar-refractivity contribution in [3.8, 4) is 10.4 Å². The number of benzene rings is 2. The number of ether oxygens (including phenoxy) is 1. The lowest BCUT2D eigenvalue weighted by Gasteiger charge is -2.10. The van der Waals surface area contributed by atoms with Crippen LogP contribution in [0, 0.1) is 6.92 Å². The first-order valence-electron chi connectivity index (χ1n) is 7.54. The Bertz CT molecular complexity index is 866. The van der Waals surface area contributed by atoms with Crippen LogP contribution in [-0.2, 0) is 11.3 Å². The highest BCUT2D eigenvalue weighted by atomic mass is 32.1. The summed E-state index contributed by atoms with van der Waals surface area (Å²) < 4.78 is 5.45. The molecule has 0 unspecified atom stereocenters. The Balaban J connectivity index is 1.87. The molecule has 0 fully saturated rings. The van der Waals surface area contributed by atoms with E-state index < -0.39 is 0 Å². The van der Waals surface area contributed by atoms with Gasteiger partial charge in [-0.05, 0) is 36.8 Å². The Hall–Kier alpha value is -2.72. The first-order chi connectivity index (χ1) is 11.7. The van der Waals surface area contributed by atoms with Crippen molar-refractivity contribution >= 4 is 23.6 Å². The van der Waals surface area contributed by atoms with E-state index in [4.69, 9.17) is 4.74 Å². The quantitative estimate of drug-likeness (QED) is 0.492. The Kier molecular flexibility index (Phi) is 4.87. The maximum Gasteiger partial charge on any atom is 0.339 e. The van der Waals surface area contributed by atoms with Gasteiger partial charge in [0.15, 0.2) is 6.29 Å². The number of carbonyl (C=O) groups excluding carboxylic acids is 2. The third kappa shape index (κ3) is 3.60. The van der Waals surface area contributed by atoms with Gasteiger partial charge in [0, 0.05) is 10.4 Å². The highest BCUT2D eigenvalue weighted by molar-refractivity contribution is 7.17. The van der Waals surface area contributed by atoms with E-state index in [9.17, 15) is 9.59 Å². The van der Waals surface area contributed by atoms with Crippen LogP contribution in [0.1, 0.15) is 31.2 Å². The normalized spacial score (nSPS) is 10.4. The van der Waals surface area contributed by atoms with Gasteiger partial charge in [0.2, 0.25) is 0 Å². The van der Waals surface area contributed by atoms with Crippen LogP contribution < -0.4 is 0 Å². The number of hydrogen-bond donors (Lipinski definition) is 0. The molecular formula is C20H16O3S. The van der Waals surface area contributed by atoms with Gasteiger partial charge in [0.25, 0.3) is 0 Å². The van der Waals surface area contributed by atoms with Crippen molar-refractivity contribution in [2.45, 2.75) is 13.5 Å². The van der Waals surface area contributed by atoms with Crippen LogP contribution >= 0.6 is 11.3 Å². The summed E-state index contributed by atoms with van der Waals surface area (Å²) in [6.07, 6.45) is 0.817.